The van der Waals surface area contributed by atoms with Crippen LogP contribution in [0.15, 0.2) is 53.7 Å². The molecule has 4 aromatic rings. The number of ether oxygens (including phenoxy) is 1. The highest BCUT2D eigenvalue weighted by atomic mass is 19.4. The lowest BCUT2D eigenvalue weighted by molar-refractivity contribution is -0.141. The Balaban J connectivity index is 1.72. The van der Waals surface area contributed by atoms with Crippen LogP contribution < -0.4 is 10.3 Å². The summed E-state index contributed by atoms with van der Waals surface area (Å²) in [5, 5.41) is 0. The third kappa shape index (κ3) is 3.58. The van der Waals surface area contributed by atoms with Gasteiger partial charge in [0.15, 0.2) is 5.69 Å². The molecule has 3 heterocycles. The first-order valence-corrected chi connectivity index (χ1v) is 8.58. The summed E-state index contributed by atoms with van der Waals surface area (Å²) in [4.78, 5) is 22.2. The fraction of sp³-hybridized carbons (Fsp3) is 0.150. The predicted octanol–water partition coefficient (Wildman–Crippen LogP) is 4.44. The molecule has 1 aromatic carbocycles. The average molecular weight is 400 g/mol. The van der Waals surface area contributed by atoms with Crippen LogP contribution >= 0.6 is 0 Å². The highest BCUT2D eigenvalue weighted by Gasteiger charge is 2.32. The van der Waals surface area contributed by atoms with Gasteiger partial charge in [0.25, 0.3) is 5.56 Å². The molecule has 29 heavy (non-hydrogen) atoms. The summed E-state index contributed by atoms with van der Waals surface area (Å²) in [6, 6.07) is 8.58. The number of rotatable bonds is 3. The Morgan fingerprint density at radius 2 is 1.90 bits per heavy atom. The lowest BCUT2D eigenvalue weighted by Crippen LogP contribution is -2.14. The third-order valence-corrected chi connectivity index (χ3v) is 4.44. The molecule has 3 aromatic heterocycles. The summed E-state index contributed by atoms with van der Waals surface area (Å²) in [5.74, 6) is 0.338. The van der Waals surface area contributed by atoms with Crippen molar-refractivity contribution < 1.29 is 17.9 Å². The van der Waals surface area contributed by atoms with E-state index in [1.807, 2.05) is 13.0 Å². The Morgan fingerprint density at radius 1 is 1.10 bits per heavy atom. The number of fused-ring (bicyclic) bond motifs is 1. The summed E-state index contributed by atoms with van der Waals surface area (Å²) >= 11 is 0. The fourth-order valence-electron chi connectivity index (χ4n) is 3.12. The number of alkyl halides is 3. The van der Waals surface area contributed by atoms with Crippen LogP contribution in [0.3, 0.4) is 0 Å². The first-order valence-electron chi connectivity index (χ1n) is 8.58. The number of benzene rings is 1. The lowest BCUT2D eigenvalue weighted by Gasteiger charge is -2.10. The Labute approximate surface area is 162 Å². The van der Waals surface area contributed by atoms with Crippen LogP contribution in [-0.2, 0) is 13.2 Å². The highest BCUT2D eigenvalue weighted by molar-refractivity contribution is 5.93. The van der Waals surface area contributed by atoms with Crippen LogP contribution in [0.25, 0.3) is 22.2 Å². The molecule has 0 unspecified atom stereocenters. The van der Waals surface area contributed by atoms with Crippen LogP contribution in [0.5, 0.6) is 11.6 Å². The van der Waals surface area contributed by atoms with E-state index in [0.29, 0.717) is 11.9 Å². The molecule has 0 radical (unpaired) electrons. The Kier molecular flexibility index (Phi) is 4.37. The van der Waals surface area contributed by atoms with E-state index in [4.69, 9.17) is 4.74 Å². The van der Waals surface area contributed by atoms with Crippen LogP contribution in [0.2, 0.25) is 0 Å². The van der Waals surface area contributed by atoms with E-state index in [2.05, 4.69) is 15.0 Å². The van der Waals surface area contributed by atoms with Gasteiger partial charge in [-0.2, -0.15) is 13.2 Å². The largest absolute Gasteiger partial charge is 0.437 e. The Hall–Kier alpha value is -3.62. The first kappa shape index (κ1) is 18.7. The van der Waals surface area contributed by atoms with E-state index in [-0.39, 0.29) is 11.4 Å². The summed E-state index contributed by atoms with van der Waals surface area (Å²) in [5.41, 5.74) is 2.77. The topological polar surface area (TPSA) is 72.8 Å². The van der Waals surface area contributed by atoms with Crippen LogP contribution in [0.1, 0.15) is 11.3 Å². The van der Waals surface area contributed by atoms with Gasteiger partial charge in [0.1, 0.15) is 5.75 Å². The molecule has 0 spiro atoms. The van der Waals surface area contributed by atoms with Crippen molar-refractivity contribution in [2.75, 3.05) is 0 Å². The number of hydrogen-bond donors (Lipinski definition) is 1. The number of aromatic nitrogens is 4. The predicted molar refractivity (Wildman–Crippen MR) is 101 cm³/mol. The van der Waals surface area contributed by atoms with E-state index in [1.54, 1.807) is 36.0 Å². The Morgan fingerprint density at radius 3 is 2.59 bits per heavy atom. The number of halogens is 3. The maximum Gasteiger partial charge on any atom is 0.434 e. The van der Waals surface area contributed by atoms with E-state index in [9.17, 15) is 18.0 Å². The van der Waals surface area contributed by atoms with Gasteiger partial charge in [-0.15, -0.1) is 0 Å². The molecule has 0 amide bonds. The monoisotopic (exact) mass is 400 g/mol. The molecular weight excluding hydrogens is 385 g/mol. The molecule has 4 rings (SSSR count). The summed E-state index contributed by atoms with van der Waals surface area (Å²) in [7, 11) is 1.69. The van der Waals surface area contributed by atoms with E-state index in [1.165, 1.54) is 6.07 Å². The molecule has 0 atom stereocenters. The van der Waals surface area contributed by atoms with Crippen molar-refractivity contribution in [1.29, 1.82) is 0 Å². The molecule has 0 aliphatic rings. The van der Waals surface area contributed by atoms with Gasteiger partial charge in [-0.3, -0.25) is 4.79 Å². The Bertz CT molecular complexity index is 1260. The number of nitrogens with zero attached hydrogens (tertiary/aromatic N) is 3. The lowest BCUT2D eigenvalue weighted by atomic mass is 10.0. The number of aromatic amines is 1. The molecule has 9 heteroatoms. The average Bonchev–Trinajstić information content (AvgIpc) is 3.09. The normalized spacial score (nSPS) is 11.8. The first-order chi connectivity index (χ1) is 13.7. The second-order valence-corrected chi connectivity index (χ2v) is 6.57. The van der Waals surface area contributed by atoms with Crippen molar-refractivity contribution in [1.82, 2.24) is 19.5 Å². The molecule has 1 N–H and O–H groups in total. The molecule has 0 aliphatic carbocycles. The number of pyridine rings is 1. The second-order valence-electron chi connectivity index (χ2n) is 6.57. The minimum Gasteiger partial charge on any atom is -0.437 e. The van der Waals surface area contributed by atoms with E-state index in [0.717, 1.165) is 33.9 Å². The van der Waals surface area contributed by atoms with Crippen molar-refractivity contribution in [2.45, 2.75) is 13.1 Å². The molecular formula is C20H15F3N4O2. The maximum absolute atomic E-state index is 12.6. The second kappa shape index (κ2) is 6.77. The van der Waals surface area contributed by atoms with Crippen molar-refractivity contribution >= 4 is 11.0 Å². The van der Waals surface area contributed by atoms with Gasteiger partial charge in [-0.25, -0.2) is 9.97 Å². The quantitative estimate of drug-likeness (QED) is 0.552. The van der Waals surface area contributed by atoms with Crippen molar-refractivity contribution in [3.63, 3.8) is 0 Å². The minimum atomic E-state index is -4.56. The number of aryl methyl sites for hydroxylation is 2. The van der Waals surface area contributed by atoms with Crippen LogP contribution in [0.4, 0.5) is 13.2 Å². The number of hydrogen-bond acceptors (Lipinski definition) is 4. The standard InChI is InChI=1S/C20H15F3N4O2/c1-11-5-12(14-8-24-15-3-4-18(28)27(2)19(14)15)7-13(6-11)29-17-10-25-16(9-26-17)20(21,22)23/h3-10,24H,1-2H3. The van der Waals surface area contributed by atoms with Gasteiger partial charge >= 0.3 is 6.18 Å². The fourth-order valence-corrected chi connectivity index (χ4v) is 3.12. The molecule has 6 nitrogen and oxygen atoms in total. The smallest absolute Gasteiger partial charge is 0.434 e. The molecule has 0 aliphatic heterocycles. The van der Waals surface area contributed by atoms with Crippen molar-refractivity contribution in [3.8, 4) is 22.8 Å². The number of H-pyrrole nitrogens is 1. The van der Waals surface area contributed by atoms with Crippen LogP contribution in [-0.4, -0.2) is 19.5 Å². The van der Waals surface area contributed by atoms with Gasteiger partial charge in [-0.1, -0.05) is 6.07 Å². The van der Waals surface area contributed by atoms with Crippen molar-refractivity contribution in [2.24, 2.45) is 7.05 Å². The molecule has 0 saturated carbocycles. The SMILES string of the molecule is Cc1cc(Oc2cnc(C(F)(F)F)cn2)cc(-c2c[nH]c3ccc(=O)n(C)c23)c1. The van der Waals surface area contributed by atoms with Gasteiger partial charge < -0.3 is 14.3 Å². The van der Waals surface area contributed by atoms with E-state index >= 15 is 0 Å². The molecule has 0 fully saturated rings. The van der Waals surface area contributed by atoms with E-state index < -0.39 is 11.9 Å². The third-order valence-electron chi connectivity index (χ3n) is 4.44. The molecule has 148 valence electrons. The summed E-state index contributed by atoms with van der Waals surface area (Å²) in [6.45, 7) is 1.86. The molecule has 0 bridgehead atoms. The zero-order valence-corrected chi connectivity index (χ0v) is 15.4. The molecule has 0 saturated heterocycles. The summed E-state index contributed by atoms with van der Waals surface area (Å²) in [6.07, 6.45) is -1.21. The zero-order valence-electron chi connectivity index (χ0n) is 15.4. The number of nitrogens with one attached hydrogen (secondary N) is 1. The van der Waals surface area contributed by atoms with Gasteiger partial charge in [0.05, 0.1) is 23.4 Å². The maximum atomic E-state index is 12.6. The minimum absolute atomic E-state index is 0.0547. The zero-order chi connectivity index (χ0) is 20.8. The highest BCUT2D eigenvalue weighted by Crippen LogP contribution is 2.33. The van der Waals surface area contributed by atoms with Crippen molar-refractivity contribution in [3.05, 3.63) is 70.5 Å². The van der Waals surface area contributed by atoms with Crippen LogP contribution in [0, 0.1) is 6.92 Å². The van der Waals surface area contributed by atoms with Gasteiger partial charge in [0.2, 0.25) is 5.88 Å². The summed E-state index contributed by atoms with van der Waals surface area (Å²) < 4.78 is 45.0. The van der Waals surface area contributed by atoms with Gasteiger partial charge in [-0.05, 0) is 36.2 Å². The van der Waals surface area contributed by atoms with Gasteiger partial charge in [0, 0.05) is 24.9 Å².